The molecule has 2 aromatic heterocycles. The Labute approximate surface area is 115 Å². The normalized spacial score (nSPS) is 11.9. The zero-order chi connectivity index (χ0) is 13.8. The second-order valence-electron chi connectivity index (χ2n) is 4.06. The summed E-state index contributed by atoms with van der Waals surface area (Å²) in [7, 11) is 1.75. The molecule has 1 atom stereocenters. The van der Waals surface area contributed by atoms with Gasteiger partial charge in [0.2, 0.25) is 0 Å². The van der Waals surface area contributed by atoms with E-state index in [0.717, 1.165) is 9.88 Å². The molecule has 6 nitrogen and oxygen atoms in total. The second kappa shape index (κ2) is 5.75. The van der Waals surface area contributed by atoms with Gasteiger partial charge in [0, 0.05) is 18.1 Å². The summed E-state index contributed by atoms with van der Waals surface area (Å²) >= 11 is 1.57. The minimum Gasteiger partial charge on any atom is -0.372 e. The maximum Gasteiger partial charge on any atom is 0.272 e. The van der Waals surface area contributed by atoms with Crippen LogP contribution in [0.3, 0.4) is 0 Å². The van der Waals surface area contributed by atoms with Gasteiger partial charge in [0.05, 0.1) is 6.04 Å². The molecule has 100 valence electrons. The molecular weight excluding hydrogens is 262 g/mol. The van der Waals surface area contributed by atoms with Gasteiger partial charge in [-0.25, -0.2) is 4.98 Å². The molecule has 0 spiro atoms. The molecule has 0 aromatic carbocycles. The lowest BCUT2D eigenvalue weighted by atomic mass is 10.3. The molecule has 0 bridgehead atoms. The standard InChI is InChI=1S/C12H15N5OS/c1-7-6-14-12(19-7)8(2)15-11(18)9-4-5-10(13-3)17-16-9/h4-6,8H,1-3H3,(H,13,17)(H,15,18). The van der Waals surface area contributed by atoms with Gasteiger partial charge >= 0.3 is 0 Å². The topological polar surface area (TPSA) is 79.8 Å². The number of thiazole rings is 1. The highest BCUT2D eigenvalue weighted by Gasteiger charge is 2.15. The van der Waals surface area contributed by atoms with E-state index in [1.54, 1.807) is 36.7 Å². The molecule has 0 radical (unpaired) electrons. The fraction of sp³-hybridized carbons (Fsp3) is 0.333. The molecule has 0 aliphatic carbocycles. The highest BCUT2D eigenvalue weighted by molar-refractivity contribution is 7.11. The minimum absolute atomic E-state index is 0.142. The lowest BCUT2D eigenvalue weighted by Crippen LogP contribution is -2.27. The van der Waals surface area contributed by atoms with E-state index in [4.69, 9.17) is 0 Å². The lowest BCUT2D eigenvalue weighted by molar-refractivity contribution is 0.0934. The number of aryl methyl sites for hydroxylation is 1. The molecule has 2 N–H and O–H groups in total. The smallest absolute Gasteiger partial charge is 0.272 e. The van der Waals surface area contributed by atoms with Crippen molar-refractivity contribution in [1.29, 1.82) is 0 Å². The first kappa shape index (κ1) is 13.4. The van der Waals surface area contributed by atoms with Gasteiger partial charge in [-0.05, 0) is 26.0 Å². The summed E-state index contributed by atoms with van der Waals surface area (Å²) in [5.74, 6) is 0.371. The number of nitrogens with zero attached hydrogens (tertiary/aromatic N) is 3. The predicted octanol–water partition coefficient (Wildman–Crippen LogP) is 1.77. The van der Waals surface area contributed by atoms with E-state index in [1.807, 2.05) is 13.8 Å². The van der Waals surface area contributed by atoms with Crippen LogP contribution in [0.2, 0.25) is 0 Å². The summed E-state index contributed by atoms with van der Waals surface area (Å²) in [6, 6.07) is 3.20. The Morgan fingerprint density at radius 3 is 2.68 bits per heavy atom. The summed E-state index contributed by atoms with van der Waals surface area (Å²) in [5.41, 5.74) is 0.291. The second-order valence-corrected chi connectivity index (χ2v) is 5.32. The summed E-state index contributed by atoms with van der Waals surface area (Å²) in [4.78, 5) is 17.3. The van der Waals surface area contributed by atoms with Crippen molar-refractivity contribution in [2.75, 3.05) is 12.4 Å². The number of amides is 1. The van der Waals surface area contributed by atoms with Crippen LogP contribution in [0.4, 0.5) is 5.82 Å². The molecule has 7 heteroatoms. The zero-order valence-corrected chi connectivity index (χ0v) is 11.8. The van der Waals surface area contributed by atoms with Crippen molar-refractivity contribution in [2.45, 2.75) is 19.9 Å². The van der Waals surface area contributed by atoms with Crippen molar-refractivity contribution in [3.63, 3.8) is 0 Å². The van der Waals surface area contributed by atoms with Gasteiger partial charge < -0.3 is 10.6 Å². The van der Waals surface area contributed by atoms with E-state index < -0.39 is 0 Å². The molecule has 2 heterocycles. The Bertz CT molecular complexity index is 566. The number of carbonyl (C=O) groups is 1. The van der Waals surface area contributed by atoms with Crippen LogP contribution in [-0.4, -0.2) is 28.1 Å². The van der Waals surface area contributed by atoms with Gasteiger partial charge in [0.15, 0.2) is 5.69 Å². The first-order valence-electron chi connectivity index (χ1n) is 5.85. The van der Waals surface area contributed by atoms with Crippen LogP contribution in [0, 0.1) is 6.92 Å². The Morgan fingerprint density at radius 2 is 2.16 bits per heavy atom. The van der Waals surface area contributed by atoms with Crippen LogP contribution in [0.1, 0.15) is 33.3 Å². The molecule has 0 fully saturated rings. The van der Waals surface area contributed by atoms with Crippen LogP contribution >= 0.6 is 11.3 Å². The Balaban J connectivity index is 2.03. The third-order valence-electron chi connectivity index (χ3n) is 2.51. The summed E-state index contributed by atoms with van der Waals surface area (Å²) in [6.45, 7) is 3.88. The molecule has 0 aliphatic heterocycles. The van der Waals surface area contributed by atoms with Crippen molar-refractivity contribution in [3.8, 4) is 0 Å². The minimum atomic E-state index is -0.254. The predicted molar refractivity (Wildman–Crippen MR) is 74.3 cm³/mol. The Kier molecular flexibility index (Phi) is 4.06. The van der Waals surface area contributed by atoms with E-state index in [-0.39, 0.29) is 11.9 Å². The van der Waals surface area contributed by atoms with Crippen LogP contribution in [-0.2, 0) is 0 Å². The van der Waals surface area contributed by atoms with Gasteiger partial charge in [0.25, 0.3) is 5.91 Å². The quantitative estimate of drug-likeness (QED) is 0.890. The molecule has 0 saturated carbocycles. The number of anilines is 1. The van der Waals surface area contributed by atoms with Crippen LogP contribution in [0.5, 0.6) is 0 Å². The van der Waals surface area contributed by atoms with Crippen molar-refractivity contribution in [1.82, 2.24) is 20.5 Å². The number of carbonyl (C=O) groups excluding carboxylic acids is 1. The highest BCUT2D eigenvalue weighted by Crippen LogP contribution is 2.19. The number of hydrogen-bond donors (Lipinski definition) is 2. The van der Waals surface area contributed by atoms with E-state index in [9.17, 15) is 4.79 Å². The number of hydrogen-bond acceptors (Lipinski definition) is 6. The van der Waals surface area contributed by atoms with Gasteiger partial charge in [-0.2, -0.15) is 0 Å². The van der Waals surface area contributed by atoms with E-state index in [0.29, 0.717) is 11.5 Å². The average Bonchev–Trinajstić information content (AvgIpc) is 2.85. The van der Waals surface area contributed by atoms with Gasteiger partial charge in [-0.1, -0.05) is 0 Å². The third-order valence-corrected chi connectivity index (χ3v) is 3.61. The fourth-order valence-corrected chi connectivity index (χ4v) is 2.27. The molecule has 0 aliphatic rings. The molecule has 19 heavy (non-hydrogen) atoms. The summed E-state index contributed by atoms with van der Waals surface area (Å²) in [5, 5.41) is 14.3. The molecule has 0 saturated heterocycles. The first-order chi connectivity index (χ1) is 9.10. The zero-order valence-electron chi connectivity index (χ0n) is 11.0. The van der Waals surface area contributed by atoms with Crippen molar-refractivity contribution in [2.24, 2.45) is 0 Å². The third kappa shape index (κ3) is 3.25. The number of rotatable bonds is 4. The van der Waals surface area contributed by atoms with Crippen LogP contribution in [0.25, 0.3) is 0 Å². The van der Waals surface area contributed by atoms with E-state index >= 15 is 0 Å². The SMILES string of the molecule is CNc1ccc(C(=O)NC(C)c2ncc(C)s2)nn1. The maximum atomic E-state index is 12.0. The molecular formula is C12H15N5OS. The molecule has 2 rings (SSSR count). The monoisotopic (exact) mass is 277 g/mol. The lowest BCUT2D eigenvalue weighted by Gasteiger charge is -2.10. The fourth-order valence-electron chi connectivity index (χ4n) is 1.49. The Hall–Kier alpha value is -2.02. The molecule has 1 unspecified atom stereocenters. The summed E-state index contributed by atoms with van der Waals surface area (Å²) in [6.07, 6.45) is 1.80. The highest BCUT2D eigenvalue weighted by atomic mass is 32.1. The van der Waals surface area contributed by atoms with Gasteiger partial charge in [-0.15, -0.1) is 21.5 Å². The van der Waals surface area contributed by atoms with Crippen LogP contribution < -0.4 is 10.6 Å². The number of aromatic nitrogens is 3. The summed E-state index contributed by atoms with van der Waals surface area (Å²) < 4.78 is 0. The average molecular weight is 277 g/mol. The van der Waals surface area contributed by atoms with Crippen molar-refractivity contribution < 1.29 is 4.79 Å². The largest absolute Gasteiger partial charge is 0.372 e. The van der Waals surface area contributed by atoms with E-state index in [1.165, 1.54) is 0 Å². The molecule has 2 aromatic rings. The number of nitrogens with one attached hydrogen (secondary N) is 2. The molecule has 1 amide bonds. The van der Waals surface area contributed by atoms with Crippen molar-refractivity contribution >= 4 is 23.1 Å². The van der Waals surface area contributed by atoms with Crippen LogP contribution in [0.15, 0.2) is 18.3 Å². The van der Waals surface area contributed by atoms with Crippen molar-refractivity contribution in [3.05, 3.63) is 33.9 Å². The van der Waals surface area contributed by atoms with Gasteiger partial charge in [0.1, 0.15) is 10.8 Å². The Morgan fingerprint density at radius 1 is 1.37 bits per heavy atom. The first-order valence-corrected chi connectivity index (χ1v) is 6.66. The van der Waals surface area contributed by atoms with Gasteiger partial charge in [-0.3, -0.25) is 4.79 Å². The van der Waals surface area contributed by atoms with E-state index in [2.05, 4.69) is 25.8 Å². The maximum absolute atomic E-state index is 12.0.